The quantitative estimate of drug-likeness (QED) is 0.843. The molecule has 2 aromatic heterocycles. The van der Waals surface area contributed by atoms with Crippen LogP contribution in [0.5, 0.6) is 0 Å². The van der Waals surface area contributed by atoms with Crippen molar-refractivity contribution >= 4 is 23.2 Å². The number of nitrogens with two attached hydrogens (primary N) is 1. The first-order chi connectivity index (χ1) is 8.65. The maximum absolute atomic E-state index is 5.69. The van der Waals surface area contributed by atoms with Crippen LogP contribution in [0.4, 0.5) is 11.9 Å². The second-order valence-electron chi connectivity index (χ2n) is 4.05. The summed E-state index contributed by atoms with van der Waals surface area (Å²) in [6.45, 7) is 1.67. The summed E-state index contributed by atoms with van der Waals surface area (Å²) in [5.41, 5.74) is 5.69. The third-order valence-corrected chi connectivity index (χ3v) is 3.10. The van der Waals surface area contributed by atoms with Crippen LogP contribution in [0.2, 0.25) is 0 Å². The van der Waals surface area contributed by atoms with Gasteiger partial charge in [-0.05, 0) is 25.5 Å². The highest BCUT2D eigenvalue weighted by molar-refractivity contribution is 7.13. The second-order valence-corrected chi connectivity index (χ2v) is 5.00. The molecule has 0 atom stereocenters. The molecule has 0 amide bonds. The Balaban J connectivity index is 2.12. The maximum Gasteiger partial charge on any atom is 0.228 e. The molecule has 96 valence electrons. The van der Waals surface area contributed by atoms with E-state index in [1.165, 1.54) is 0 Å². The minimum absolute atomic E-state index is 0.237. The molecule has 0 unspecified atom stereocenters. The molecule has 18 heavy (non-hydrogen) atoms. The predicted octanol–water partition coefficient (Wildman–Crippen LogP) is 1.16. The number of rotatable bonds is 5. The van der Waals surface area contributed by atoms with E-state index >= 15 is 0 Å². The monoisotopic (exact) mass is 264 g/mol. The Bertz CT molecular complexity index is 496. The SMILES string of the molecule is CN(C)CCNc1nc(N)nc(-c2cccs2)n1. The highest BCUT2D eigenvalue weighted by Crippen LogP contribution is 2.21. The molecule has 0 aliphatic rings. The molecule has 3 N–H and O–H groups in total. The van der Waals surface area contributed by atoms with Crippen LogP contribution in [0, 0.1) is 0 Å². The number of aromatic nitrogens is 3. The molecule has 0 aromatic carbocycles. The summed E-state index contributed by atoms with van der Waals surface area (Å²) in [5, 5.41) is 5.12. The van der Waals surface area contributed by atoms with E-state index < -0.39 is 0 Å². The number of nitrogens with one attached hydrogen (secondary N) is 1. The van der Waals surface area contributed by atoms with Crippen molar-refractivity contribution < 1.29 is 0 Å². The van der Waals surface area contributed by atoms with Gasteiger partial charge in [-0.1, -0.05) is 6.07 Å². The Morgan fingerprint density at radius 2 is 2.17 bits per heavy atom. The highest BCUT2D eigenvalue weighted by Gasteiger charge is 2.07. The standard InChI is InChI=1S/C11H16N6S/c1-17(2)6-5-13-11-15-9(14-10(12)16-11)8-4-3-7-18-8/h3-4,7H,5-6H2,1-2H3,(H3,12,13,14,15,16). The maximum atomic E-state index is 5.69. The normalized spacial score (nSPS) is 10.8. The van der Waals surface area contributed by atoms with Crippen molar-refractivity contribution in [3.63, 3.8) is 0 Å². The third-order valence-electron chi connectivity index (χ3n) is 2.24. The topological polar surface area (TPSA) is 80.0 Å². The van der Waals surface area contributed by atoms with Crippen LogP contribution in [0.25, 0.3) is 10.7 Å². The minimum Gasteiger partial charge on any atom is -0.368 e. The fraction of sp³-hybridized carbons (Fsp3) is 0.364. The fourth-order valence-electron chi connectivity index (χ4n) is 1.38. The summed E-state index contributed by atoms with van der Waals surface area (Å²) in [5.74, 6) is 1.37. The lowest BCUT2D eigenvalue weighted by molar-refractivity contribution is 0.425. The van der Waals surface area contributed by atoms with E-state index in [9.17, 15) is 0 Å². The lowest BCUT2D eigenvalue weighted by Gasteiger charge is -2.10. The molecule has 0 aliphatic carbocycles. The molecular formula is C11H16N6S. The molecule has 6 nitrogen and oxygen atoms in total. The number of hydrogen-bond donors (Lipinski definition) is 2. The van der Waals surface area contributed by atoms with Crippen molar-refractivity contribution in [1.29, 1.82) is 0 Å². The first kappa shape index (κ1) is 12.7. The van der Waals surface area contributed by atoms with Gasteiger partial charge in [-0.2, -0.15) is 15.0 Å². The Kier molecular flexibility index (Phi) is 4.06. The Labute approximate surface area is 110 Å². The Morgan fingerprint density at radius 3 is 2.83 bits per heavy atom. The zero-order chi connectivity index (χ0) is 13.0. The average molecular weight is 264 g/mol. The van der Waals surface area contributed by atoms with Gasteiger partial charge in [0.1, 0.15) is 0 Å². The molecule has 0 aliphatic heterocycles. The predicted molar refractivity (Wildman–Crippen MR) is 74.6 cm³/mol. The lowest BCUT2D eigenvalue weighted by atomic mass is 10.4. The average Bonchev–Trinajstić information content (AvgIpc) is 2.81. The van der Waals surface area contributed by atoms with Gasteiger partial charge in [-0.3, -0.25) is 0 Å². The molecule has 2 aromatic rings. The fourth-order valence-corrected chi connectivity index (χ4v) is 2.04. The number of nitrogen functional groups attached to an aromatic ring is 1. The minimum atomic E-state index is 0.237. The van der Waals surface area contributed by atoms with Gasteiger partial charge in [0.25, 0.3) is 0 Å². The van der Waals surface area contributed by atoms with Crippen LogP contribution >= 0.6 is 11.3 Å². The van der Waals surface area contributed by atoms with E-state index in [0.717, 1.165) is 18.0 Å². The largest absolute Gasteiger partial charge is 0.368 e. The zero-order valence-corrected chi connectivity index (χ0v) is 11.2. The van der Waals surface area contributed by atoms with Crippen molar-refractivity contribution in [2.24, 2.45) is 0 Å². The number of nitrogens with zero attached hydrogens (tertiary/aromatic N) is 4. The molecule has 0 saturated carbocycles. The van der Waals surface area contributed by atoms with Gasteiger partial charge >= 0.3 is 0 Å². The summed E-state index contributed by atoms with van der Waals surface area (Å²) in [6, 6.07) is 3.92. The summed E-state index contributed by atoms with van der Waals surface area (Å²) in [7, 11) is 4.03. The summed E-state index contributed by atoms with van der Waals surface area (Å²) in [4.78, 5) is 15.6. The number of likely N-dealkylation sites (N-methyl/N-ethyl adjacent to an activating group) is 1. The zero-order valence-electron chi connectivity index (χ0n) is 10.4. The summed E-state index contributed by atoms with van der Waals surface area (Å²) >= 11 is 1.58. The van der Waals surface area contributed by atoms with Gasteiger partial charge < -0.3 is 16.0 Å². The molecule has 0 fully saturated rings. The molecule has 7 heteroatoms. The first-order valence-corrected chi connectivity index (χ1v) is 6.47. The highest BCUT2D eigenvalue weighted by atomic mass is 32.1. The van der Waals surface area contributed by atoms with E-state index in [1.54, 1.807) is 11.3 Å². The summed E-state index contributed by atoms with van der Waals surface area (Å²) < 4.78 is 0. The molecule has 2 rings (SSSR count). The van der Waals surface area contributed by atoms with Crippen LogP contribution in [0.1, 0.15) is 0 Å². The van der Waals surface area contributed by atoms with E-state index in [1.807, 2.05) is 31.6 Å². The molecule has 0 saturated heterocycles. The first-order valence-electron chi connectivity index (χ1n) is 5.59. The van der Waals surface area contributed by atoms with Crippen LogP contribution < -0.4 is 11.1 Å². The molecule has 0 spiro atoms. The summed E-state index contributed by atoms with van der Waals surface area (Å²) in [6.07, 6.45) is 0. The van der Waals surface area contributed by atoms with Crippen molar-refractivity contribution in [3.05, 3.63) is 17.5 Å². The van der Waals surface area contributed by atoms with Gasteiger partial charge in [-0.25, -0.2) is 0 Å². The number of anilines is 2. The van der Waals surface area contributed by atoms with Crippen LogP contribution in [0.3, 0.4) is 0 Å². The third kappa shape index (κ3) is 3.38. The molecule has 0 radical (unpaired) electrons. The Morgan fingerprint density at radius 1 is 1.33 bits per heavy atom. The van der Waals surface area contributed by atoms with E-state index in [0.29, 0.717) is 11.8 Å². The van der Waals surface area contributed by atoms with Crippen molar-refractivity contribution in [2.45, 2.75) is 0 Å². The Hall–Kier alpha value is -1.73. The molecule has 2 heterocycles. The van der Waals surface area contributed by atoms with Crippen molar-refractivity contribution in [1.82, 2.24) is 19.9 Å². The lowest BCUT2D eigenvalue weighted by Crippen LogP contribution is -2.21. The van der Waals surface area contributed by atoms with Crippen LogP contribution in [0.15, 0.2) is 17.5 Å². The smallest absolute Gasteiger partial charge is 0.228 e. The van der Waals surface area contributed by atoms with Crippen LogP contribution in [-0.2, 0) is 0 Å². The van der Waals surface area contributed by atoms with E-state index in [4.69, 9.17) is 5.73 Å². The second kappa shape index (κ2) is 5.74. The van der Waals surface area contributed by atoms with E-state index in [-0.39, 0.29) is 5.95 Å². The van der Waals surface area contributed by atoms with Gasteiger partial charge in [0, 0.05) is 13.1 Å². The molecular weight excluding hydrogens is 248 g/mol. The van der Waals surface area contributed by atoms with E-state index in [2.05, 4.69) is 25.2 Å². The van der Waals surface area contributed by atoms with Gasteiger partial charge in [0.15, 0.2) is 5.82 Å². The van der Waals surface area contributed by atoms with Crippen molar-refractivity contribution in [2.75, 3.05) is 38.2 Å². The van der Waals surface area contributed by atoms with Gasteiger partial charge in [0.05, 0.1) is 4.88 Å². The van der Waals surface area contributed by atoms with Gasteiger partial charge in [0.2, 0.25) is 11.9 Å². The number of thiophene rings is 1. The van der Waals surface area contributed by atoms with Gasteiger partial charge in [-0.15, -0.1) is 11.3 Å². The molecule has 0 bridgehead atoms. The van der Waals surface area contributed by atoms with Crippen LogP contribution in [-0.4, -0.2) is 47.0 Å². The number of hydrogen-bond acceptors (Lipinski definition) is 7. The van der Waals surface area contributed by atoms with Crippen molar-refractivity contribution in [3.8, 4) is 10.7 Å².